The van der Waals surface area contributed by atoms with Crippen molar-refractivity contribution in [1.29, 1.82) is 0 Å². The fourth-order valence-corrected chi connectivity index (χ4v) is 0.608. The van der Waals surface area contributed by atoms with E-state index in [4.69, 9.17) is 10.2 Å². The highest BCUT2D eigenvalue weighted by Gasteiger charge is 2.22. The molecule has 0 aromatic carbocycles. The van der Waals surface area contributed by atoms with E-state index in [0.717, 1.165) is 0 Å². The first-order valence-electron chi connectivity index (χ1n) is 2.98. The lowest BCUT2D eigenvalue weighted by atomic mass is 10.0. The van der Waals surface area contributed by atoms with Gasteiger partial charge in [0.05, 0.1) is 6.61 Å². The maximum atomic E-state index is 10.0. The molecule has 9 heavy (non-hydrogen) atoms. The number of rotatable bonds is 4. The highest BCUT2D eigenvalue weighted by molar-refractivity contribution is 5.61. The molecule has 0 saturated heterocycles. The van der Waals surface area contributed by atoms with E-state index in [1.807, 2.05) is 6.92 Å². The van der Waals surface area contributed by atoms with Crippen molar-refractivity contribution < 1.29 is 15.0 Å². The minimum atomic E-state index is -1.49. The molecule has 0 aromatic rings. The molecule has 0 aliphatic rings. The standard InChI is InChI=1S/C6H12O3/c1-2-3-6(9,4-7)5-8/h4,8-9H,2-3,5H2,1H3. The van der Waals surface area contributed by atoms with Gasteiger partial charge < -0.3 is 15.0 Å². The van der Waals surface area contributed by atoms with E-state index in [1.165, 1.54) is 0 Å². The molecule has 0 aliphatic carbocycles. The van der Waals surface area contributed by atoms with Crippen molar-refractivity contribution in [3.8, 4) is 0 Å². The van der Waals surface area contributed by atoms with Crippen LogP contribution in [0.5, 0.6) is 0 Å². The summed E-state index contributed by atoms with van der Waals surface area (Å²) >= 11 is 0. The van der Waals surface area contributed by atoms with Gasteiger partial charge in [-0.15, -0.1) is 0 Å². The lowest BCUT2D eigenvalue weighted by Crippen LogP contribution is -2.34. The molecule has 1 unspecified atom stereocenters. The van der Waals surface area contributed by atoms with Crippen molar-refractivity contribution in [2.45, 2.75) is 25.4 Å². The Morgan fingerprint density at radius 1 is 1.67 bits per heavy atom. The van der Waals surface area contributed by atoms with E-state index in [9.17, 15) is 4.79 Å². The zero-order valence-corrected chi connectivity index (χ0v) is 5.50. The normalized spacial score (nSPS) is 16.8. The van der Waals surface area contributed by atoms with Gasteiger partial charge in [0, 0.05) is 0 Å². The summed E-state index contributed by atoms with van der Waals surface area (Å²) < 4.78 is 0. The van der Waals surface area contributed by atoms with Crippen molar-refractivity contribution in [3.63, 3.8) is 0 Å². The Bertz CT molecular complexity index is 92.3. The number of carbonyl (C=O) groups excluding carboxylic acids is 1. The second kappa shape index (κ2) is 3.58. The minimum Gasteiger partial charge on any atom is -0.393 e. The third-order valence-electron chi connectivity index (χ3n) is 1.18. The van der Waals surface area contributed by atoms with E-state index in [1.54, 1.807) is 0 Å². The van der Waals surface area contributed by atoms with Crippen LogP contribution in [0.1, 0.15) is 19.8 Å². The van der Waals surface area contributed by atoms with E-state index in [2.05, 4.69) is 0 Å². The smallest absolute Gasteiger partial charge is 0.153 e. The molecule has 3 heteroatoms. The highest BCUT2D eigenvalue weighted by Crippen LogP contribution is 2.07. The lowest BCUT2D eigenvalue weighted by Gasteiger charge is -2.16. The third-order valence-corrected chi connectivity index (χ3v) is 1.18. The molecule has 0 heterocycles. The van der Waals surface area contributed by atoms with E-state index >= 15 is 0 Å². The Balaban J connectivity index is 3.76. The topological polar surface area (TPSA) is 57.5 Å². The van der Waals surface area contributed by atoms with Crippen LogP contribution in [0.15, 0.2) is 0 Å². The Morgan fingerprint density at radius 2 is 2.22 bits per heavy atom. The first kappa shape index (κ1) is 8.59. The number of hydrogen-bond acceptors (Lipinski definition) is 3. The molecule has 0 aliphatic heterocycles. The summed E-state index contributed by atoms with van der Waals surface area (Å²) in [5.74, 6) is 0. The van der Waals surface area contributed by atoms with Gasteiger partial charge in [-0.1, -0.05) is 13.3 Å². The van der Waals surface area contributed by atoms with Crippen molar-refractivity contribution in [3.05, 3.63) is 0 Å². The summed E-state index contributed by atoms with van der Waals surface area (Å²) in [6.07, 6.45) is 1.40. The lowest BCUT2D eigenvalue weighted by molar-refractivity contribution is -0.128. The van der Waals surface area contributed by atoms with Crippen LogP contribution in [0.2, 0.25) is 0 Å². The molecule has 0 rings (SSSR count). The van der Waals surface area contributed by atoms with Gasteiger partial charge in [-0.3, -0.25) is 0 Å². The SMILES string of the molecule is CCCC(O)(C=O)CO. The molecule has 0 aromatic heterocycles. The van der Waals surface area contributed by atoms with Crippen LogP contribution in [0.25, 0.3) is 0 Å². The van der Waals surface area contributed by atoms with Gasteiger partial charge in [0.25, 0.3) is 0 Å². The highest BCUT2D eigenvalue weighted by atomic mass is 16.3. The molecule has 0 amide bonds. The number of aliphatic hydroxyl groups excluding tert-OH is 1. The third kappa shape index (κ3) is 2.58. The molecule has 0 spiro atoms. The fourth-order valence-electron chi connectivity index (χ4n) is 0.608. The molecule has 54 valence electrons. The molecular formula is C6H12O3. The first-order valence-corrected chi connectivity index (χ1v) is 2.98. The number of aliphatic hydroxyl groups is 2. The average Bonchev–Trinajstić information content (AvgIpc) is 1.89. The van der Waals surface area contributed by atoms with Crippen LogP contribution in [0, 0.1) is 0 Å². The van der Waals surface area contributed by atoms with Gasteiger partial charge in [-0.05, 0) is 6.42 Å². The maximum Gasteiger partial charge on any atom is 0.153 e. The molecule has 0 fully saturated rings. The number of aldehydes is 1. The summed E-state index contributed by atoms with van der Waals surface area (Å²) in [6.45, 7) is 1.36. The summed E-state index contributed by atoms with van der Waals surface area (Å²) in [4.78, 5) is 10.0. The molecule has 0 radical (unpaired) electrons. The summed E-state index contributed by atoms with van der Waals surface area (Å²) in [6, 6.07) is 0. The molecular weight excluding hydrogens is 120 g/mol. The van der Waals surface area contributed by atoms with Crippen molar-refractivity contribution in [2.75, 3.05) is 6.61 Å². The quantitative estimate of drug-likeness (QED) is 0.517. The van der Waals surface area contributed by atoms with Crippen LogP contribution in [0.3, 0.4) is 0 Å². The van der Waals surface area contributed by atoms with Crippen LogP contribution >= 0.6 is 0 Å². The van der Waals surface area contributed by atoms with Gasteiger partial charge in [0.2, 0.25) is 0 Å². The zero-order chi connectivity index (χ0) is 7.33. The Morgan fingerprint density at radius 3 is 2.33 bits per heavy atom. The van der Waals surface area contributed by atoms with Gasteiger partial charge >= 0.3 is 0 Å². The molecule has 2 N–H and O–H groups in total. The predicted molar refractivity (Wildman–Crippen MR) is 33.0 cm³/mol. The van der Waals surface area contributed by atoms with Crippen LogP contribution in [-0.4, -0.2) is 28.7 Å². The maximum absolute atomic E-state index is 10.0. The van der Waals surface area contributed by atoms with Gasteiger partial charge in [0.1, 0.15) is 5.60 Å². The molecule has 0 bridgehead atoms. The zero-order valence-electron chi connectivity index (χ0n) is 5.50. The Kier molecular flexibility index (Phi) is 3.42. The summed E-state index contributed by atoms with van der Waals surface area (Å²) in [5.41, 5.74) is -1.49. The first-order chi connectivity index (χ1) is 4.18. The average molecular weight is 132 g/mol. The largest absolute Gasteiger partial charge is 0.393 e. The van der Waals surface area contributed by atoms with Gasteiger partial charge in [-0.25, -0.2) is 0 Å². The molecule has 3 nitrogen and oxygen atoms in total. The van der Waals surface area contributed by atoms with Crippen molar-refractivity contribution in [2.24, 2.45) is 0 Å². The minimum absolute atomic E-state index is 0.326. The van der Waals surface area contributed by atoms with Crippen molar-refractivity contribution in [1.82, 2.24) is 0 Å². The van der Waals surface area contributed by atoms with E-state index < -0.39 is 12.2 Å². The number of carbonyl (C=O) groups is 1. The van der Waals surface area contributed by atoms with Crippen LogP contribution < -0.4 is 0 Å². The van der Waals surface area contributed by atoms with Gasteiger partial charge in [-0.2, -0.15) is 0 Å². The Hall–Kier alpha value is -0.410. The summed E-state index contributed by atoms with van der Waals surface area (Å²) in [5, 5.41) is 17.4. The molecule has 1 atom stereocenters. The van der Waals surface area contributed by atoms with E-state index in [-0.39, 0.29) is 0 Å². The predicted octanol–water partition coefficient (Wildman–Crippen LogP) is -0.291. The van der Waals surface area contributed by atoms with Crippen LogP contribution in [-0.2, 0) is 4.79 Å². The van der Waals surface area contributed by atoms with Crippen LogP contribution in [0.4, 0.5) is 0 Å². The van der Waals surface area contributed by atoms with Crippen molar-refractivity contribution >= 4 is 6.29 Å². The molecule has 0 saturated carbocycles. The number of hydrogen-bond donors (Lipinski definition) is 2. The van der Waals surface area contributed by atoms with Gasteiger partial charge in [0.15, 0.2) is 6.29 Å². The monoisotopic (exact) mass is 132 g/mol. The second-order valence-electron chi connectivity index (χ2n) is 2.13. The second-order valence-corrected chi connectivity index (χ2v) is 2.13. The van der Waals surface area contributed by atoms with E-state index in [0.29, 0.717) is 19.1 Å². The fraction of sp³-hybridized carbons (Fsp3) is 0.833. The summed E-state index contributed by atoms with van der Waals surface area (Å²) in [7, 11) is 0. The Labute approximate surface area is 54.3 Å².